The Morgan fingerprint density at radius 3 is 2.20 bits per heavy atom. The highest BCUT2D eigenvalue weighted by Gasteiger charge is 2.67. The number of nitrogens with one attached hydrogen (secondary N) is 1. The minimum absolute atomic E-state index is 0.120. The second kappa shape index (κ2) is 6.29. The molecule has 0 radical (unpaired) electrons. The molecule has 150 valence electrons. The van der Waals surface area contributed by atoms with E-state index < -0.39 is 0 Å². The Morgan fingerprint density at radius 1 is 0.933 bits per heavy atom. The summed E-state index contributed by atoms with van der Waals surface area (Å²) in [4.78, 5) is 40.5. The molecule has 5 nitrogen and oxygen atoms in total. The van der Waals surface area contributed by atoms with E-state index in [0.29, 0.717) is 33.8 Å². The number of nitrogens with zero attached hydrogens (tertiary/aromatic N) is 1. The summed E-state index contributed by atoms with van der Waals surface area (Å²) < 4.78 is 0. The van der Waals surface area contributed by atoms with Crippen LogP contribution in [0.2, 0.25) is 5.02 Å². The third-order valence-electron chi connectivity index (χ3n) is 7.13. The number of hydrogen-bond acceptors (Lipinski definition) is 3. The number of halogens is 1. The first-order chi connectivity index (χ1) is 14.5. The number of benzene rings is 2. The van der Waals surface area contributed by atoms with E-state index in [1.54, 1.807) is 48.5 Å². The molecule has 3 fully saturated rings. The monoisotopic (exact) mass is 418 g/mol. The van der Waals surface area contributed by atoms with Gasteiger partial charge in [0.05, 0.1) is 17.5 Å². The highest BCUT2D eigenvalue weighted by Crippen LogP contribution is 2.65. The van der Waals surface area contributed by atoms with Crippen LogP contribution in [0.4, 0.5) is 11.4 Å². The molecule has 0 spiro atoms. The van der Waals surface area contributed by atoms with E-state index in [-0.39, 0.29) is 41.4 Å². The maximum atomic E-state index is 13.3. The van der Waals surface area contributed by atoms with Gasteiger partial charge >= 0.3 is 0 Å². The van der Waals surface area contributed by atoms with Gasteiger partial charge in [-0.15, -0.1) is 0 Å². The number of imide groups is 1. The Balaban J connectivity index is 1.28. The summed E-state index contributed by atoms with van der Waals surface area (Å²) in [6.07, 6.45) is 5.45. The number of rotatable bonds is 3. The van der Waals surface area contributed by atoms with Gasteiger partial charge in [-0.1, -0.05) is 29.8 Å². The first-order valence-corrected chi connectivity index (χ1v) is 10.6. The summed E-state index contributed by atoms with van der Waals surface area (Å²) >= 11 is 5.89. The third kappa shape index (κ3) is 2.51. The Morgan fingerprint density at radius 2 is 1.57 bits per heavy atom. The van der Waals surface area contributed by atoms with Gasteiger partial charge in [0.15, 0.2) is 0 Å². The molecule has 2 aromatic carbocycles. The van der Waals surface area contributed by atoms with Gasteiger partial charge in [0.1, 0.15) is 0 Å². The minimum Gasteiger partial charge on any atom is -0.322 e. The Hall–Kier alpha value is -2.92. The maximum Gasteiger partial charge on any atom is 0.255 e. The summed E-state index contributed by atoms with van der Waals surface area (Å²) in [5.41, 5.74) is 1.48. The topological polar surface area (TPSA) is 66.5 Å². The molecular formula is C24H19ClN2O3. The zero-order valence-electron chi connectivity index (χ0n) is 16.0. The van der Waals surface area contributed by atoms with Crippen LogP contribution in [-0.4, -0.2) is 17.7 Å². The van der Waals surface area contributed by atoms with Crippen LogP contribution in [0.1, 0.15) is 16.8 Å². The molecule has 0 aromatic heterocycles. The summed E-state index contributed by atoms with van der Waals surface area (Å²) in [5, 5.41) is 3.40. The summed E-state index contributed by atoms with van der Waals surface area (Å²) in [6.45, 7) is 0. The van der Waals surface area contributed by atoms with Crippen LogP contribution in [0.15, 0.2) is 60.7 Å². The predicted octanol–water partition coefficient (Wildman–Crippen LogP) is 4.15. The van der Waals surface area contributed by atoms with E-state index in [4.69, 9.17) is 11.6 Å². The van der Waals surface area contributed by atoms with Crippen LogP contribution in [0.25, 0.3) is 0 Å². The lowest BCUT2D eigenvalue weighted by molar-refractivity contribution is -0.124. The molecule has 1 N–H and O–H groups in total. The highest BCUT2D eigenvalue weighted by atomic mass is 35.5. The Labute approximate surface area is 178 Å². The zero-order valence-corrected chi connectivity index (χ0v) is 16.8. The van der Waals surface area contributed by atoms with Crippen molar-refractivity contribution in [1.29, 1.82) is 0 Å². The number of allylic oxidation sites excluding steroid dienone is 2. The molecule has 2 saturated carbocycles. The lowest BCUT2D eigenvalue weighted by Gasteiger charge is -2.37. The van der Waals surface area contributed by atoms with Gasteiger partial charge < -0.3 is 5.32 Å². The van der Waals surface area contributed by atoms with Gasteiger partial charge in [-0.2, -0.15) is 0 Å². The average molecular weight is 419 g/mol. The van der Waals surface area contributed by atoms with Crippen LogP contribution in [0.5, 0.6) is 0 Å². The largest absolute Gasteiger partial charge is 0.322 e. The smallest absolute Gasteiger partial charge is 0.255 e. The second-order valence-corrected chi connectivity index (χ2v) is 9.11. The molecule has 7 rings (SSSR count). The van der Waals surface area contributed by atoms with Crippen LogP contribution in [0.3, 0.4) is 0 Å². The van der Waals surface area contributed by atoms with Gasteiger partial charge in [0.2, 0.25) is 11.8 Å². The maximum absolute atomic E-state index is 13.3. The van der Waals surface area contributed by atoms with Crippen molar-refractivity contribution >= 4 is 40.7 Å². The van der Waals surface area contributed by atoms with Crippen LogP contribution in [-0.2, 0) is 9.59 Å². The van der Waals surface area contributed by atoms with E-state index >= 15 is 0 Å². The molecule has 6 heteroatoms. The SMILES string of the molecule is O=C(Nc1ccc(Cl)cc1)c1cccc(N2C(=O)[C@@H]3[C@H]4C=C[C@@H]([C@@H]5C[C@@H]45)[C@H]3C2=O)c1. The number of amides is 3. The Bertz CT molecular complexity index is 1090. The minimum atomic E-state index is -0.307. The molecule has 1 aliphatic heterocycles. The fraction of sp³-hybridized carbons (Fsp3) is 0.292. The first kappa shape index (κ1) is 17.9. The van der Waals surface area contributed by atoms with Crippen molar-refractivity contribution in [2.75, 3.05) is 10.2 Å². The summed E-state index contributed by atoms with van der Waals surface area (Å²) in [6, 6.07) is 13.6. The van der Waals surface area contributed by atoms with Crippen LogP contribution < -0.4 is 10.2 Å². The molecule has 0 unspecified atom stereocenters. The number of carbonyl (C=O) groups excluding carboxylic acids is 3. The van der Waals surface area contributed by atoms with Crippen molar-refractivity contribution in [2.24, 2.45) is 35.5 Å². The molecule has 30 heavy (non-hydrogen) atoms. The van der Waals surface area contributed by atoms with Crippen molar-refractivity contribution < 1.29 is 14.4 Å². The van der Waals surface area contributed by atoms with Gasteiger partial charge in [-0.25, -0.2) is 4.90 Å². The molecule has 5 aliphatic rings. The first-order valence-electron chi connectivity index (χ1n) is 10.3. The van der Waals surface area contributed by atoms with Crippen molar-refractivity contribution in [3.63, 3.8) is 0 Å². The predicted molar refractivity (Wildman–Crippen MR) is 113 cm³/mol. The fourth-order valence-electron chi connectivity index (χ4n) is 5.73. The van der Waals surface area contributed by atoms with E-state index in [1.807, 2.05) is 0 Å². The third-order valence-corrected chi connectivity index (χ3v) is 7.38. The lowest BCUT2D eigenvalue weighted by Crippen LogP contribution is -2.40. The van der Waals surface area contributed by atoms with Crippen LogP contribution in [0, 0.1) is 35.5 Å². The molecule has 2 aromatic rings. The molecule has 1 heterocycles. The molecule has 6 atom stereocenters. The average Bonchev–Trinajstić information content (AvgIpc) is 3.53. The van der Waals surface area contributed by atoms with Crippen molar-refractivity contribution in [3.05, 3.63) is 71.3 Å². The molecule has 4 aliphatic carbocycles. The highest BCUT2D eigenvalue weighted by molar-refractivity contribution is 6.30. The normalized spacial score (nSPS) is 32.8. The van der Waals surface area contributed by atoms with E-state index in [1.165, 1.54) is 4.90 Å². The molecular weight excluding hydrogens is 400 g/mol. The van der Waals surface area contributed by atoms with Gasteiger partial charge in [-0.05, 0) is 72.6 Å². The standard InChI is InChI=1S/C24H19ClN2O3/c25-13-4-6-14(7-5-13)26-22(28)12-2-1-3-15(10-12)27-23(29)20-16-8-9-17(19-11-18(16)19)21(20)24(27)30/h1-10,16-21H,11H2,(H,26,28)/t16-,17-,18-,19-,20+,21+/m0/s1. The van der Waals surface area contributed by atoms with E-state index in [0.717, 1.165) is 6.42 Å². The number of carbonyl (C=O) groups is 3. The van der Waals surface area contributed by atoms with Gasteiger partial charge in [0.25, 0.3) is 5.91 Å². The quantitative estimate of drug-likeness (QED) is 0.601. The van der Waals surface area contributed by atoms with Gasteiger partial charge in [-0.3, -0.25) is 14.4 Å². The fourth-order valence-corrected chi connectivity index (χ4v) is 5.86. The molecule has 3 amide bonds. The van der Waals surface area contributed by atoms with Crippen molar-refractivity contribution in [3.8, 4) is 0 Å². The summed E-state index contributed by atoms with van der Waals surface area (Å²) in [5.74, 6) is 0.453. The summed E-state index contributed by atoms with van der Waals surface area (Å²) in [7, 11) is 0. The van der Waals surface area contributed by atoms with Crippen molar-refractivity contribution in [2.45, 2.75) is 6.42 Å². The second-order valence-electron chi connectivity index (χ2n) is 8.68. The number of hydrogen-bond donors (Lipinski definition) is 1. The van der Waals surface area contributed by atoms with E-state index in [9.17, 15) is 14.4 Å². The van der Waals surface area contributed by atoms with Crippen molar-refractivity contribution in [1.82, 2.24) is 0 Å². The van der Waals surface area contributed by atoms with Gasteiger partial charge in [0, 0.05) is 16.3 Å². The Kier molecular flexibility index (Phi) is 3.75. The lowest BCUT2D eigenvalue weighted by atomic mass is 9.63. The molecule has 2 bridgehead atoms. The molecule has 1 saturated heterocycles. The van der Waals surface area contributed by atoms with Crippen LogP contribution >= 0.6 is 11.6 Å². The van der Waals surface area contributed by atoms with E-state index in [2.05, 4.69) is 17.5 Å². The number of anilines is 2. The zero-order chi connectivity index (χ0) is 20.6.